The first kappa shape index (κ1) is 15.4. The maximum absolute atomic E-state index is 12.5. The topological polar surface area (TPSA) is 66.4 Å². The molecule has 0 fully saturated rings. The van der Waals surface area contributed by atoms with Crippen LogP contribution in [0.4, 0.5) is 5.69 Å². The third kappa shape index (κ3) is 3.19. The zero-order valence-electron chi connectivity index (χ0n) is 12.1. The van der Waals surface area contributed by atoms with Crippen LogP contribution in [0.3, 0.4) is 0 Å². The molecule has 0 heterocycles. The Morgan fingerprint density at radius 1 is 0.952 bits per heavy atom. The minimum absolute atomic E-state index is 0.113. The maximum Gasteiger partial charge on any atom is 0.265 e. The van der Waals surface area contributed by atoms with Crippen LogP contribution in [0.15, 0.2) is 47.4 Å². The van der Waals surface area contributed by atoms with Crippen molar-refractivity contribution in [2.24, 2.45) is 0 Å². The summed E-state index contributed by atoms with van der Waals surface area (Å²) in [7, 11) is -3.81. The highest BCUT2D eigenvalue weighted by Crippen LogP contribution is 2.28. The van der Waals surface area contributed by atoms with Gasteiger partial charge in [-0.05, 0) is 36.1 Å². The van der Waals surface area contributed by atoms with E-state index in [0.717, 1.165) is 24.0 Å². The first-order chi connectivity index (χ1) is 9.99. The van der Waals surface area contributed by atoms with Gasteiger partial charge in [-0.2, -0.15) is 0 Å². The summed E-state index contributed by atoms with van der Waals surface area (Å²) in [6, 6.07) is 11.7. The summed E-state index contributed by atoms with van der Waals surface area (Å²) in [6.45, 7) is 3.96. The summed E-state index contributed by atoms with van der Waals surface area (Å²) >= 11 is 0. The molecule has 0 saturated carbocycles. The van der Waals surface area contributed by atoms with Gasteiger partial charge in [-0.1, -0.05) is 44.2 Å². The average Bonchev–Trinajstić information content (AvgIpc) is 2.47. The SMILES string of the molecule is CCc1cccc(CC)c1NS(=O)(=O)c1ccccc1O. The van der Waals surface area contributed by atoms with E-state index in [1.54, 1.807) is 12.1 Å². The first-order valence-corrected chi connectivity index (χ1v) is 8.39. The molecule has 0 amide bonds. The number of hydrogen-bond donors (Lipinski definition) is 2. The minimum atomic E-state index is -3.81. The Bertz CT molecular complexity index is 717. The Morgan fingerprint density at radius 2 is 1.52 bits per heavy atom. The fourth-order valence-electron chi connectivity index (χ4n) is 2.25. The van der Waals surface area contributed by atoms with Crippen LogP contribution in [-0.2, 0) is 22.9 Å². The van der Waals surface area contributed by atoms with E-state index >= 15 is 0 Å². The van der Waals surface area contributed by atoms with Gasteiger partial charge in [0.25, 0.3) is 10.0 Å². The molecule has 0 spiro atoms. The lowest BCUT2D eigenvalue weighted by atomic mass is 10.0. The van der Waals surface area contributed by atoms with Crippen LogP contribution in [0.5, 0.6) is 5.75 Å². The lowest BCUT2D eigenvalue weighted by Crippen LogP contribution is -2.15. The summed E-state index contributed by atoms with van der Waals surface area (Å²) in [5.41, 5.74) is 2.49. The van der Waals surface area contributed by atoms with Gasteiger partial charge in [-0.25, -0.2) is 8.42 Å². The molecule has 0 aromatic heterocycles. The fraction of sp³-hybridized carbons (Fsp3) is 0.250. The monoisotopic (exact) mass is 305 g/mol. The molecule has 5 heteroatoms. The van der Waals surface area contributed by atoms with Gasteiger partial charge in [0, 0.05) is 0 Å². The van der Waals surface area contributed by atoms with E-state index in [4.69, 9.17) is 0 Å². The Hall–Kier alpha value is -2.01. The predicted molar refractivity (Wildman–Crippen MR) is 84.1 cm³/mol. The Balaban J connectivity index is 2.49. The quantitative estimate of drug-likeness (QED) is 0.890. The predicted octanol–water partition coefficient (Wildman–Crippen LogP) is 3.32. The Morgan fingerprint density at radius 3 is 2.05 bits per heavy atom. The highest BCUT2D eigenvalue weighted by atomic mass is 32.2. The van der Waals surface area contributed by atoms with Gasteiger partial charge in [-0.15, -0.1) is 0 Å². The second kappa shape index (κ2) is 6.18. The van der Waals surface area contributed by atoms with E-state index < -0.39 is 10.0 Å². The first-order valence-electron chi connectivity index (χ1n) is 6.91. The van der Waals surface area contributed by atoms with Crippen molar-refractivity contribution in [2.75, 3.05) is 4.72 Å². The molecule has 112 valence electrons. The standard InChI is InChI=1S/C16H19NO3S/c1-3-12-8-7-9-13(4-2)16(12)17-21(19,20)15-11-6-5-10-14(15)18/h5-11,17-18H,3-4H2,1-2H3. The summed E-state index contributed by atoms with van der Waals surface area (Å²) in [5.74, 6) is -0.253. The van der Waals surface area contributed by atoms with Crippen molar-refractivity contribution in [3.63, 3.8) is 0 Å². The van der Waals surface area contributed by atoms with Crippen LogP contribution in [0.25, 0.3) is 0 Å². The third-order valence-electron chi connectivity index (χ3n) is 3.39. The van der Waals surface area contributed by atoms with Crippen molar-refractivity contribution < 1.29 is 13.5 Å². The Kier molecular flexibility index (Phi) is 4.53. The molecule has 2 rings (SSSR count). The number of aromatic hydroxyl groups is 1. The highest BCUT2D eigenvalue weighted by molar-refractivity contribution is 7.92. The molecular weight excluding hydrogens is 286 g/mol. The van der Waals surface area contributed by atoms with Gasteiger partial charge in [0.15, 0.2) is 0 Å². The van der Waals surface area contributed by atoms with E-state index in [1.807, 2.05) is 32.0 Å². The molecular formula is C16H19NO3S. The van der Waals surface area contributed by atoms with Crippen molar-refractivity contribution in [1.82, 2.24) is 0 Å². The van der Waals surface area contributed by atoms with Crippen LogP contribution < -0.4 is 4.72 Å². The van der Waals surface area contributed by atoms with Crippen molar-refractivity contribution in [3.05, 3.63) is 53.6 Å². The molecule has 0 aliphatic heterocycles. The molecule has 21 heavy (non-hydrogen) atoms. The van der Waals surface area contributed by atoms with Crippen LogP contribution in [0.2, 0.25) is 0 Å². The molecule has 2 aromatic carbocycles. The van der Waals surface area contributed by atoms with Gasteiger partial charge in [0.2, 0.25) is 0 Å². The number of aryl methyl sites for hydroxylation is 2. The van der Waals surface area contributed by atoms with Gasteiger partial charge in [0.1, 0.15) is 10.6 Å². The second-order valence-corrected chi connectivity index (χ2v) is 6.38. The average molecular weight is 305 g/mol. The summed E-state index contributed by atoms with van der Waals surface area (Å²) in [4.78, 5) is -0.113. The number of rotatable bonds is 5. The lowest BCUT2D eigenvalue weighted by Gasteiger charge is -2.16. The van der Waals surface area contributed by atoms with Crippen molar-refractivity contribution in [1.29, 1.82) is 0 Å². The maximum atomic E-state index is 12.5. The zero-order valence-corrected chi connectivity index (χ0v) is 12.9. The van der Waals surface area contributed by atoms with E-state index in [2.05, 4.69) is 4.72 Å². The molecule has 4 nitrogen and oxygen atoms in total. The van der Waals surface area contributed by atoms with E-state index in [0.29, 0.717) is 5.69 Å². The van der Waals surface area contributed by atoms with E-state index in [-0.39, 0.29) is 10.6 Å². The number of benzene rings is 2. The second-order valence-electron chi connectivity index (χ2n) is 4.73. The molecule has 2 aromatic rings. The molecule has 0 aliphatic carbocycles. The molecule has 0 radical (unpaired) electrons. The number of nitrogens with one attached hydrogen (secondary N) is 1. The number of para-hydroxylation sites is 2. The van der Waals surface area contributed by atoms with Crippen molar-refractivity contribution >= 4 is 15.7 Å². The molecule has 0 unspecified atom stereocenters. The van der Waals surface area contributed by atoms with Crippen LogP contribution in [0, 0.1) is 0 Å². The molecule has 0 aliphatic rings. The summed E-state index contributed by atoms with van der Waals surface area (Å²) in [6.07, 6.45) is 1.46. The molecule has 0 bridgehead atoms. The van der Waals surface area contributed by atoms with Gasteiger partial charge < -0.3 is 5.11 Å². The number of anilines is 1. The minimum Gasteiger partial charge on any atom is -0.507 e. The van der Waals surface area contributed by atoms with E-state index in [1.165, 1.54) is 12.1 Å². The smallest absolute Gasteiger partial charge is 0.265 e. The molecule has 2 N–H and O–H groups in total. The van der Waals surface area contributed by atoms with Gasteiger partial charge in [0.05, 0.1) is 5.69 Å². The van der Waals surface area contributed by atoms with Crippen molar-refractivity contribution in [3.8, 4) is 5.75 Å². The summed E-state index contributed by atoms with van der Waals surface area (Å²) in [5, 5.41) is 9.76. The van der Waals surface area contributed by atoms with Crippen LogP contribution >= 0.6 is 0 Å². The van der Waals surface area contributed by atoms with E-state index in [9.17, 15) is 13.5 Å². The largest absolute Gasteiger partial charge is 0.507 e. The lowest BCUT2D eigenvalue weighted by molar-refractivity contribution is 0.459. The number of phenolic OH excluding ortho intramolecular Hbond substituents is 1. The third-order valence-corrected chi connectivity index (χ3v) is 4.79. The number of hydrogen-bond acceptors (Lipinski definition) is 3. The number of sulfonamides is 1. The van der Waals surface area contributed by atoms with Gasteiger partial charge >= 0.3 is 0 Å². The zero-order chi connectivity index (χ0) is 15.5. The highest BCUT2D eigenvalue weighted by Gasteiger charge is 2.20. The molecule has 0 atom stereocenters. The van der Waals surface area contributed by atoms with Crippen LogP contribution in [0.1, 0.15) is 25.0 Å². The Labute approximate surface area is 125 Å². The molecule has 0 saturated heterocycles. The number of phenols is 1. The van der Waals surface area contributed by atoms with Gasteiger partial charge in [-0.3, -0.25) is 4.72 Å². The van der Waals surface area contributed by atoms with Crippen molar-refractivity contribution in [2.45, 2.75) is 31.6 Å². The van der Waals surface area contributed by atoms with Crippen LogP contribution in [-0.4, -0.2) is 13.5 Å². The summed E-state index contributed by atoms with van der Waals surface area (Å²) < 4.78 is 27.6. The normalized spacial score (nSPS) is 11.3. The fourth-order valence-corrected chi connectivity index (χ4v) is 3.49.